The molecule has 3 nitrogen and oxygen atoms in total. The molecule has 0 N–H and O–H groups in total. The molecule has 0 bridgehead atoms. The van der Waals surface area contributed by atoms with Crippen LogP contribution in [0.15, 0.2) is 12.1 Å². The third-order valence-corrected chi connectivity index (χ3v) is 2.63. The molecule has 17 heavy (non-hydrogen) atoms. The maximum absolute atomic E-state index is 5.85. The van der Waals surface area contributed by atoms with E-state index in [1.165, 1.54) is 0 Å². The van der Waals surface area contributed by atoms with Crippen molar-refractivity contribution in [2.45, 2.75) is 32.1 Å². The molecule has 96 valence electrons. The first-order valence-electron chi connectivity index (χ1n) is 5.97. The van der Waals surface area contributed by atoms with Crippen LogP contribution in [0.25, 0.3) is 0 Å². The van der Waals surface area contributed by atoms with E-state index in [1.54, 1.807) is 7.11 Å². The molecule has 0 aliphatic rings. The Hall–Kier alpha value is -0.800. The van der Waals surface area contributed by atoms with E-state index in [0.29, 0.717) is 25.0 Å². The Morgan fingerprint density at radius 1 is 1.29 bits per heavy atom. The Morgan fingerprint density at radius 2 is 2.12 bits per heavy atom. The van der Waals surface area contributed by atoms with Crippen LogP contribution in [-0.2, 0) is 17.0 Å². The van der Waals surface area contributed by atoms with Gasteiger partial charge < -0.3 is 9.47 Å². The highest BCUT2D eigenvalue weighted by atomic mass is 35.5. The zero-order chi connectivity index (χ0) is 12.5. The average Bonchev–Trinajstić information content (AvgIpc) is 2.35. The number of methoxy groups -OCH3 is 1. The van der Waals surface area contributed by atoms with Gasteiger partial charge in [-0.25, -0.2) is 4.98 Å². The van der Waals surface area contributed by atoms with Crippen molar-refractivity contribution in [1.82, 2.24) is 4.98 Å². The fourth-order valence-corrected chi connectivity index (χ4v) is 1.69. The Balaban J connectivity index is 2.59. The molecule has 1 heterocycles. The number of hydrogen-bond donors (Lipinski definition) is 0. The number of pyridine rings is 1. The quantitative estimate of drug-likeness (QED) is 0.529. The highest BCUT2D eigenvalue weighted by Gasteiger charge is 2.03. The highest BCUT2D eigenvalue weighted by Crippen LogP contribution is 2.16. The van der Waals surface area contributed by atoms with Gasteiger partial charge in [-0.1, -0.05) is 13.3 Å². The first kappa shape index (κ1) is 14.3. The lowest BCUT2D eigenvalue weighted by Gasteiger charge is -2.08. The van der Waals surface area contributed by atoms with Crippen molar-refractivity contribution < 1.29 is 9.47 Å². The van der Waals surface area contributed by atoms with E-state index in [-0.39, 0.29) is 0 Å². The molecular weight excluding hydrogens is 238 g/mol. The molecule has 1 rings (SSSR count). The second-order valence-corrected chi connectivity index (χ2v) is 4.15. The van der Waals surface area contributed by atoms with E-state index in [0.717, 1.165) is 30.5 Å². The molecule has 0 saturated heterocycles. The summed E-state index contributed by atoms with van der Waals surface area (Å²) in [5.41, 5.74) is 2.11. The van der Waals surface area contributed by atoms with E-state index >= 15 is 0 Å². The molecule has 0 saturated carbocycles. The summed E-state index contributed by atoms with van der Waals surface area (Å²) >= 11 is 5.85. The number of halogens is 1. The minimum Gasteiger partial charge on any atom is -0.478 e. The normalized spacial score (nSPS) is 10.5. The number of aryl methyl sites for hydroxylation is 1. The van der Waals surface area contributed by atoms with E-state index in [1.807, 2.05) is 12.1 Å². The van der Waals surface area contributed by atoms with E-state index in [4.69, 9.17) is 21.1 Å². The maximum atomic E-state index is 5.85. The van der Waals surface area contributed by atoms with Gasteiger partial charge in [-0.3, -0.25) is 0 Å². The van der Waals surface area contributed by atoms with Gasteiger partial charge in [0, 0.05) is 37.8 Å². The molecule has 0 amide bonds. The first-order chi connectivity index (χ1) is 8.30. The van der Waals surface area contributed by atoms with Crippen LogP contribution in [0.2, 0.25) is 0 Å². The molecule has 1 aromatic heterocycles. The first-order valence-corrected chi connectivity index (χ1v) is 6.51. The van der Waals surface area contributed by atoms with Crippen LogP contribution >= 0.6 is 11.6 Å². The van der Waals surface area contributed by atoms with E-state index in [2.05, 4.69) is 11.9 Å². The van der Waals surface area contributed by atoms with Gasteiger partial charge >= 0.3 is 0 Å². The fourth-order valence-electron chi connectivity index (χ4n) is 1.54. The Kier molecular flexibility index (Phi) is 6.97. The molecule has 0 aliphatic carbocycles. The van der Waals surface area contributed by atoms with Crippen molar-refractivity contribution in [2.75, 3.05) is 20.3 Å². The molecule has 0 fully saturated rings. The fraction of sp³-hybridized carbons (Fsp3) is 0.615. The lowest BCUT2D eigenvalue weighted by molar-refractivity contribution is 0.170. The molecule has 4 heteroatoms. The largest absolute Gasteiger partial charge is 0.478 e. The van der Waals surface area contributed by atoms with Gasteiger partial charge in [0.15, 0.2) is 0 Å². The summed E-state index contributed by atoms with van der Waals surface area (Å²) in [5, 5.41) is 0. The van der Waals surface area contributed by atoms with Gasteiger partial charge in [0.05, 0.1) is 6.61 Å². The predicted molar refractivity (Wildman–Crippen MR) is 69.8 cm³/mol. The lowest BCUT2D eigenvalue weighted by atomic mass is 10.2. The predicted octanol–water partition coefficient (Wildman–Crippen LogP) is 3.19. The number of rotatable bonds is 8. The molecular formula is C13H20ClNO2. The Morgan fingerprint density at radius 3 is 2.76 bits per heavy atom. The van der Waals surface area contributed by atoms with Gasteiger partial charge in [0.25, 0.3) is 0 Å². The van der Waals surface area contributed by atoms with Crippen molar-refractivity contribution in [3.63, 3.8) is 0 Å². The Bertz CT molecular complexity index is 331. The zero-order valence-electron chi connectivity index (χ0n) is 10.5. The second-order valence-electron chi connectivity index (χ2n) is 3.88. The molecule has 0 atom stereocenters. The SMILES string of the molecule is CCCc1cc(CCl)cc(OCCCOC)n1. The van der Waals surface area contributed by atoms with Crippen molar-refractivity contribution in [1.29, 1.82) is 0 Å². The molecule has 0 spiro atoms. The average molecular weight is 258 g/mol. The number of alkyl halides is 1. The molecule has 1 aromatic rings. The van der Waals surface area contributed by atoms with Crippen LogP contribution in [0.4, 0.5) is 0 Å². The molecule has 0 aliphatic heterocycles. The van der Waals surface area contributed by atoms with Crippen LogP contribution in [0, 0.1) is 0 Å². The van der Waals surface area contributed by atoms with E-state index < -0.39 is 0 Å². The minimum atomic E-state index is 0.494. The van der Waals surface area contributed by atoms with Crippen molar-refractivity contribution in [3.8, 4) is 5.88 Å². The van der Waals surface area contributed by atoms with Crippen LogP contribution < -0.4 is 4.74 Å². The van der Waals surface area contributed by atoms with Crippen LogP contribution in [0.1, 0.15) is 31.0 Å². The summed E-state index contributed by atoms with van der Waals surface area (Å²) in [6.45, 7) is 3.46. The van der Waals surface area contributed by atoms with Gasteiger partial charge in [-0.15, -0.1) is 11.6 Å². The summed E-state index contributed by atoms with van der Waals surface area (Å²) < 4.78 is 10.6. The second kappa shape index (κ2) is 8.31. The Labute approximate surface area is 108 Å². The van der Waals surface area contributed by atoms with Crippen molar-refractivity contribution in [3.05, 3.63) is 23.4 Å². The highest BCUT2D eigenvalue weighted by molar-refractivity contribution is 6.17. The number of nitrogens with zero attached hydrogens (tertiary/aromatic N) is 1. The summed E-state index contributed by atoms with van der Waals surface area (Å²) in [6.07, 6.45) is 2.90. The minimum absolute atomic E-state index is 0.494. The molecule has 0 aromatic carbocycles. The number of ether oxygens (including phenoxy) is 2. The zero-order valence-corrected chi connectivity index (χ0v) is 11.3. The third kappa shape index (κ3) is 5.37. The van der Waals surface area contributed by atoms with Gasteiger partial charge in [-0.05, 0) is 18.1 Å². The van der Waals surface area contributed by atoms with Crippen LogP contribution in [-0.4, -0.2) is 25.3 Å². The summed E-state index contributed by atoms with van der Waals surface area (Å²) in [5.74, 6) is 1.16. The number of aromatic nitrogens is 1. The van der Waals surface area contributed by atoms with Gasteiger partial charge in [0.1, 0.15) is 0 Å². The smallest absolute Gasteiger partial charge is 0.213 e. The molecule has 0 unspecified atom stereocenters. The maximum Gasteiger partial charge on any atom is 0.213 e. The lowest BCUT2D eigenvalue weighted by Crippen LogP contribution is -2.04. The number of hydrogen-bond acceptors (Lipinski definition) is 3. The summed E-state index contributed by atoms with van der Waals surface area (Å²) in [6, 6.07) is 3.94. The van der Waals surface area contributed by atoms with Crippen molar-refractivity contribution >= 4 is 11.6 Å². The monoisotopic (exact) mass is 257 g/mol. The topological polar surface area (TPSA) is 31.4 Å². The standard InChI is InChI=1S/C13H20ClNO2/c1-3-5-12-8-11(10-14)9-13(15-12)17-7-4-6-16-2/h8-9H,3-7,10H2,1-2H3. The van der Waals surface area contributed by atoms with Gasteiger partial charge in [0.2, 0.25) is 5.88 Å². The summed E-state index contributed by atoms with van der Waals surface area (Å²) in [7, 11) is 1.69. The summed E-state index contributed by atoms with van der Waals surface area (Å²) in [4.78, 5) is 4.45. The van der Waals surface area contributed by atoms with Crippen molar-refractivity contribution in [2.24, 2.45) is 0 Å². The third-order valence-electron chi connectivity index (χ3n) is 2.32. The molecule has 0 radical (unpaired) electrons. The van der Waals surface area contributed by atoms with Gasteiger partial charge in [-0.2, -0.15) is 0 Å². The van der Waals surface area contributed by atoms with Crippen LogP contribution in [0.3, 0.4) is 0 Å². The van der Waals surface area contributed by atoms with E-state index in [9.17, 15) is 0 Å². The van der Waals surface area contributed by atoms with Crippen LogP contribution in [0.5, 0.6) is 5.88 Å².